The van der Waals surface area contributed by atoms with Crippen molar-refractivity contribution in [1.29, 1.82) is 0 Å². The Morgan fingerprint density at radius 1 is 0.646 bits per heavy atom. The minimum absolute atomic E-state index is 0. The van der Waals surface area contributed by atoms with Crippen LogP contribution < -0.4 is 42.6 Å². The molecule has 2 aromatic heterocycles. The highest BCUT2D eigenvalue weighted by Gasteiger charge is 2.46. The number of nitrogens with one attached hydrogen (secondary N) is 4. The van der Waals surface area contributed by atoms with Crippen LogP contribution in [0.4, 0.5) is 21.0 Å². The second-order valence-electron chi connectivity index (χ2n) is 14.2. The first-order valence-electron chi connectivity index (χ1n) is 19.4. The summed E-state index contributed by atoms with van der Waals surface area (Å²) in [6, 6.07) is 23.1. The number of halogens is 4. The van der Waals surface area contributed by atoms with Crippen LogP contribution in [0.1, 0.15) is 11.1 Å². The van der Waals surface area contributed by atoms with E-state index >= 15 is 0 Å². The number of nitrogens with two attached hydrogens (primary N) is 2. The molecular formula is C42H44Cl4N10O9. The minimum atomic E-state index is -1.11. The van der Waals surface area contributed by atoms with E-state index in [0.717, 1.165) is 0 Å². The van der Waals surface area contributed by atoms with Crippen LogP contribution in [-0.2, 0) is 43.6 Å². The smallest absolute Gasteiger partial charge is 0.333 e. The van der Waals surface area contributed by atoms with Gasteiger partial charge >= 0.3 is 12.1 Å². The zero-order valence-electron chi connectivity index (χ0n) is 34.2. The van der Waals surface area contributed by atoms with Crippen LogP contribution in [-0.4, -0.2) is 75.3 Å². The largest absolute Gasteiger partial charge is 0.491 e. The van der Waals surface area contributed by atoms with Gasteiger partial charge in [0.05, 0.1) is 49.0 Å². The fraction of sp³-hybridized carbons (Fsp3) is 0.238. The lowest BCUT2D eigenvalue weighted by molar-refractivity contribution is -0.189. The number of hydrazine groups is 2. The average Bonchev–Trinajstić information content (AvgIpc) is 4.14. The number of rotatable bonds is 14. The van der Waals surface area contributed by atoms with E-state index in [9.17, 15) is 9.59 Å². The second kappa shape index (κ2) is 22.5. The lowest BCUT2D eigenvalue weighted by atomic mass is 10.1. The zero-order chi connectivity index (χ0) is 45.1. The number of benzene rings is 4. The molecule has 8 rings (SSSR count). The predicted octanol–water partition coefficient (Wildman–Crippen LogP) is 6.24. The van der Waals surface area contributed by atoms with Crippen molar-refractivity contribution >= 4 is 69.8 Å². The molecule has 0 spiro atoms. The van der Waals surface area contributed by atoms with Crippen molar-refractivity contribution in [2.45, 2.75) is 36.9 Å². The Bertz CT molecular complexity index is 2300. The van der Waals surface area contributed by atoms with Crippen molar-refractivity contribution in [3.05, 3.63) is 154 Å². The Morgan fingerprint density at radius 3 is 1.38 bits per heavy atom. The monoisotopic (exact) mass is 972 g/mol. The molecule has 4 amide bonds. The number of nitrogens with zero attached hydrogens (tertiary/aromatic N) is 4. The molecule has 4 atom stereocenters. The van der Waals surface area contributed by atoms with Gasteiger partial charge in [-0.2, -0.15) is 0 Å². The number of urea groups is 2. The Kier molecular flexibility index (Phi) is 16.9. The topological polar surface area (TPSA) is 257 Å². The lowest BCUT2D eigenvalue weighted by Gasteiger charge is -2.30. The maximum atomic E-state index is 11.3. The first-order chi connectivity index (χ1) is 30.9. The van der Waals surface area contributed by atoms with E-state index in [4.69, 9.17) is 86.5 Å². The second-order valence-corrected chi connectivity index (χ2v) is 15.9. The lowest BCUT2D eigenvalue weighted by Crippen LogP contribution is -2.34. The fourth-order valence-electron chi connectivity index (χ4n) is 6.73. The van der Waals surface area contributed by atoms with Crippen LogP contribution in [0.3, 0.4) is 0 Å². The molecule has 2 aliphatic heterocycles. The highest BCUT2D eigenvalue weighted by molar-refractivity contribution is 6.35. The summed E-state index contributed by atoms with van der Waals surface area (Å²) < 4.78 is 40.4. The molecule has 2 saturated heterocycles. The van der Waals surface area contributed by atoms with E-state index < -0.39 is 23.6 Å². The van der Waals surface area contributed by atoms with Gasteiger partial charge in [0.2, 0.25) is 11.6 Å². The van der Waals surface area contributed by atoms with Gasteiger partial charge < -0.3 is 53.7 Å². The van der Waals surface area contributed by atoms with Crippen molar-refractivity contribution in [1.82, 2.24) is 30.0 Å². The number of hydrogen-bond acceptors (Lipinski definition) is 12. The van der Waals surface area contributed by atoms with Gasteiger partial charge in [0.1, 0.15) is 36.9 Å². The molecule has 0 saturated carbocycles. The van der Waals surface area contributed by atoms with Crippen LogP contribution in [0, 0.1) is 0 Å². The third-order valence-corrected chi connectivity index (χ3v) is 10.8. The van der Waals surface area contributed by atoms with E-state index in [-0.39, 0.29) is 30.9 Å². The van der Waals surface area contributed by atoms with Crippen molar-refractivity contribution in [2.24, 2.45) is 11.7 Å². The van der Waals surface area contributed by atoms with Crippen LogP contribution in [0.2, 0.25) is 20.1 Å². The van der Waals surface area contributed by atoms with Gasteiger partial charge in [0.15, 0.2) is 0 Å². The van der Waals surface area contributed by atoms with Gasteiger partial charge in [-0.25, -0.2) is 31.2 Å². The summed E-state index contributed by atoms with van der Waals surface area (Å²) in [6.45, 7) is 1.84. The molecule has 4 unspecified atom stereocenters. The number of imidazole rings is 2. The Labute approximate surface area is 392 Å². The molecule has 4 aromatic carbocycles. The van der Waals surface area contributed by atoms with Gasteiger partial charge in [0, 0.05) is 57.3 Å². The van der Waals surface area contributed by atoms with Gasteiger partial charge in [-0.05, 0) is 72.8 Å². The Hall–Kier alpha value is -5.68. The fourth-order valence-corrected chi connectivity index (χ4v) is 7.84. The molecule has 10 N–H and O–H groups in total. The van der Waals surface area contributed by atoms with Crippen molar-refractivity contribution in [3.63, 3.8) is 0 Å². The number of ether oxygens (including phenoxy) is 6. The number of carbonyl (C=O) groups is 2. The molecule has 2 fully saturated rings. The predicted molar refractivity (Wildman–Crippen MR) is 243 cm³/mol. The first kappa shape index (κ1) is 48.8. The van der Waals surface area contributed by atoms with Crippen LogP contribution in [0.25, 0.3) is 0 Å². The number of hydrogen-bond donors (Lipinski definition) is 6. The van der Waals surface area contributed by atoms with Crippen LogP contribution in [0.5, 0.6) is 11.5 Å². The van der Waals surface area contributed by atoms with Crippen LogP contribution in [0.15, 0.2) is 122 Å². The molecule has 19 nitrogen and oxygen atoms in total. The Balaban J connectivity index is 0.000000212. The SMILES string of the molecule is NNC(=O)Nc1ccc(OCC2COC(Cn3ccnc3)(c3ccc(Cl)cc3Cl)O2)cc1.NNC(=O)Nc1ccc(OCC2COC(Cn3ccnc3)(c3ccc(Cl)cc3Cl)O2)cc1.O. The third-order valence-electron chi connectivity index (χ3n) is 9.66. The summed E-state index contributed by atoms with van der Waals surface area (Å²) in [7, 11) is 0. The molecule has 2 aliphatic rings. The molecule has 0 bridgehead atoms. The number of anilines is 2. The molecule has 0 aliphatic carbocycles. The zero-order valence-corrected chi connectivity index (χ0v) is 37.2. The maximum Gasteiger partial charge on any atom is 0.333 e. The summed E-state index contributed by atoms with van der Waals surface area (Å²) in [6.07, 6.45) is 9.69. The van der Waals surface area contributed by atoms with E-state index in [2.05, 4.69) is 20.6 Å². The van der Waals surface area contributed by atoms with E-state index in [0.29, 0.717) is 80.4 Å². The summed E-state index contributed by atoms with van der Waals surface area (Å²) in [5.41, 5.74) is 6.51. The van der Waals surface area contributed by atoms with Gasteiger partial charge in [-0.3, -0.25) is 10.9 Å². The molecule has 65 heavy (non-hydrogen) atoms. The number of carbonyl (C=O) groups excluding carboxylic acids is 2. The first-order valence-corrected chi connectivity index (χ1v) is 20.9. The summed E-state index contributed by atoms with van der Waals surface area (Å²) in [4.78, 5) is 30.7. The van der Waals surface area contributed by atoms with Crippen LogP contribution >= 0.6 is 46.4 Å². The van der Waals surface area contributed by atoms with Gasteiger partial charge in [0.25, 0.3) is 0 Å². The molecule has 4 heterocycles. The highest BCUT2D eigenvalue weighted by Crippen LogP contribution is 2.42. The normalized spacial score (nSPS) is 19.8. The minimum Gasteiger partial charge on any atom is -0.491 e. The Morgan fingerprint density at radius 2 is 1.05 bits per heavy atom. The van der Waals surface area contributed by atoms with E-state index in [1.807, 2.05) is 32.4 Å². The summed E-state index contributed by atoms with van der Waals surface area (Å²) in [5, 5.41) is 7.09. The van der Waals surface area contributed by atoms with Gasteiger partial charge in [-0.15, -0.1) is 0 Å². The van der Waals surface area contributed by atoms with Gasteiger partial charge in [-0.1, -0.05) is 58.5 Å². The maximum absolute atomic E-state index is 11.3. The summed E-state index contributed by atoms with van der Waals surface area (Å²) in [5.74, 6) is 9.12. The summed E-state index contributed by atoms with van der Waals surface area (Å²) >= 11 is 25.1. The number of aromatic nitrogens is 4. The van der Waals surface area contributed by atoms with Crippen molar-refractivity contribution in [3.8, 4) is 11.5 Å². The molecular weight excluding hydrogens is 930 g/mol. The third kappa shape index (κ3) is 12.8. The van der Waals surface area contributed by atoms with E-state index in [1.165, 1.54) is 0 Å². The average molecular weight is 975 g/mol. The quantitative estimate of drug-likeness (QED) is 0.0403. The highest BCUT2D eigenvalue weighted by atomic mass is 35.5. The molecule has 344 valence electrons. The standard InChI is InChI=1S/2C21H21Cl2N5O4.H2O/c2*22-14-1-6-18(19(23)9-14)21(12-28-8-7-25-13-28)31-11-17(32-21)10-30-16-4-2-15(3-5-16)26-20(29)27-24;/h2*1-9,13,17H,10-12,24H2,(H2,26,27,29);1H2. The molecule has 0 radical (unpaired) electrons. The van der Waals surface area contributed by atoms with Crippen molar-refractivity contribution < 1.29 is 43.5 Å². The van der Waals surface area contributed by atoms with Crippen molar-refractivity contribution in [2.75, 3.05) is 37.1 Å². The number of amides is 4. The molecule has 6 aromatic rings. The van der Waals surface area contributed by atoms with E-state index in [1.54, 1.807) is 110 Å². The molecule has 23 heteroatoms.